The number of hydrogen-bond acceptors (Lipinski definition) is 2. The monoisotopic (exact) mass is 252 g/mol. The van der Waals surface area contributed by atoms with E-state index in [1.165, 1.54) is 0 Å². The van der Waals surface area contributed by atoms with Crippen molar-refractivity contribution in [1.29, 1.82) is 0 Å². The number of hydrogen-bond donors (Lipinski definition) is 0. The molecule has 0 heterocycles. The van der Waals surface area contributed by atoms with Gasteiger partial charge in [0.1, 0.15) is 6.61 Å². The molecule has 2 nitrogen and oxygen atoms in total. The predicted octanol–water partition coefficient (Wildman–Crippen LogP) is 4.35. The van der Waals surface area contributed by atoms with Gasteiger partial charge in [0.2, 0.25) is 0 Å². The molecule has 0 bridgehead atoms. The molecule has 0 N–H and O–H groups in total. The second-order valence-corrected chi connectivity index (χ2v) is 6.56. The van der Waals surface area contributed by atoms with Crippen LogP contribution in [0.15, 0.2) is 12.3 Å². The highest BCUT2D eigenvalue weighted by molar-refractivity contribution is 5.86. The van der Waals surface area contributed by atoms with Gasteiger partial charge in [-0.25, -0.2) is 0 Å². The van der Waals surface area contributed by atoms with Crippen LogP contribution in [0.5, 0.6) is 0 Å². The van der Waals surface area contributed by atoms with Crippen molar-refractivity contribution in [3.8, 4) is 0 Å². The van der Waals surface area contributed by atoms with Crippen molar-refractivity contribution in [2.75, 3.05) is 6.61 Å². The van der Waals surface area contributed by atoms with E-state index in [9.17, 15) is 4.79 Å². The van der Waals surface area contributed by atoms with E-state index < -0.39 is 0 Å². The Kier molecular flexibility index (Phi) is 4.63. The molecule has 1 aliphatic carbocycles. The molecule has 104 valence electrons. The molecule has 1 rings (SSSR count). The van der Waals surface area contributed by atoms with Gasteiger partial charge in [0.25, 0.3) is 0 Å². The third-order valence-electron chi connectivity index (χ3n) is 5.14. The van der Waals surface area contributed by atoms with Crippen molar-refractivity contribution in [2.45, 2.75) is 60.3 Å². The minimum atomic E-state index is -0.233. The normalized spacial score (nSPS) is 27.8. The van der Waals surface area contributed by atoms with Gasteiger partial charge in [-0.1, -0.05) is 47.6 Å². The first-order valence-corrected chi connectivity index (χ1v) is 7.09. The van der Waals surface area contributed by atoms with Gasteiger partial charge in [-0.3, -0.25) is 4.79 Å². The summed E-state index contributed by atoms with van der Waals surface area (Å²) >= 11 is 0. The van der Waals surface area contributed by atoms with E-state index in [0.717, 1.165) is 31.4 Å². The molecule has 0 amide bonds. The van der Waals surface area contributed by atoms with E-state index in [1.807, 2.05) is 0 Å². The standard InChI is InChI=1S/C16H28O2/c1-7-12(2)13(3)18-11-14(17)16(6)10-8-9-15(16,4)5/h12H,3,7-11H2,1-2,4-6H3. The SMILES string of the molecule is C=C(OCC(=O)C1(C)CCCC1(C)C)C(C)CC. The van der Waals surface area contributed by atoms with E-state index in [1.54, 1.807) is 0 Å². The second kappa shape index (κ2) is 5.46. The zero-order valence-electron chi connectivity index (χ0n) is 12.6. The van der Waals surface area contributed by atoms with Gasteiger partial charge >= 0.3 is 0 Å². The topological polar surface area (TPSA) is 26.3 Å². The third-order valence-corrected chi connectivity index (χ3v) is 5.14. The number of ether oxygens (including phenoxy) is 1. The van der Waals surface area contributed by atoms with Crippen LogP contribution in [-0.2, 0) is 9.53 Å². The van der Waals surface area contributed by atoms with E-state index in [-0.39, 0.29) is 23.2 Å². The molecular weight excluding hydrogens is 224 g/mol. The number of Topliss-reactive ketones (excluding diaryl/α,β-unsaturated/α-hetero) is 1. The molecule has 2 atom stereocenters. The lowest BCUT2D eigenvalue weighted by molar-refractivity contribution is -0.136. The fourth-order valence-corrected chi connectivity index (χ4v) is 2.70. The average molecular weight is 252 g/mol. The van der Waals surface area contributed by atoms with Crippen LogP contribution in [0, 0.1) is 16.7 Å². The van der Waals surface area contributed by atoms with Crippen LogP contribution in [0.4, 0.5) is 0 Å². The van der Waals surface area contributed by atoms with Crippen molar-refractivity contribution < 1.29 is 9.53 Å². The van der Waals surface area contributed by atoms with Gasteiger partial charge in [0.15, 0.2) is 5.78 Å². The summed E-state index contributed by atoms with van der Waals surface area (Å²) in [5.41, 5.74) is -0.145. The predicted molar refractivity (Wildman–Crippen MR) is 75.3 cm³/mol. The minimum absolute atomic E-state index is 0.0884. The summed E-state index contributed by atoms with van der Waals surface area (Å²) < 4.78 is 5.58. The highest BCUT2D eigenvalue weighted by atomic mass is 16.5. The van der Waals surface area contributed by atoms with Crippen molar-refractivity contribution in [3.05, 3.63) is 12.3 Å². The van der Waals surface area contributed by atoms with Crippen LogP contribution in [0.25, 0.3) is 0 Å². The number of rotatable bonds is 6. The van der Waals surface area contributed by atoms with Crippen molar-refractivity contribution in [2.24, 2.45) is 16.7 Å². The highest BCUT2D eigenvalue weighted by Crippen LogP contribution is 2.52. The van der Waals surface area contributed by atoms with Gasteiger partial charge in [0, 0.05) is 11.3 Å². The molecule has 0 aromatic rings. The zero-order chi connectivity index (χ0) is 14.0. The molecule has 0 spiro atoms. The first kappa shape index (κ1) is 15.3. The van der Waals surface area contributed by atoms with Gasteiger partial charge < -0.3 is 4.74 Å². The van der Waals surface area contributed by atoms with E-state index >= 15 is 0 Å². The molecule has 0 aliphatic heterocycles. The van der Waals surface area contributed by atoms with Crippen LogP contribution in [0.1, 0.15) is 60.3 Å². The summed E-state index contributed by atoms with van der Waals surface area (Å²) in [5, 5.41) is 0. The molecule has 1 fully saturated rings. The fraction of sp³-hybridized carbons (Fsp3) is 0.812. The van der Waals surface area contributed by atoms with Crippen LogP contribution < -0.4 is 0 Å². The maximum absolute atomic E-state index is 12.4. The molecule has 0 aromatic heterocycles. The molecule has 18 heavy (non-hydrogen) atoms. The lowest BCUT2D eigenvalue weighted by Gasteiger charge is -2.37. The zero-order valence-corrected chi connectivity index (χ0v) is 12.6. The molecule has 2 unspecified atom stereocenters. The first-order valence-electron chi connectivity index (χ1n) is 7.09. The largest absolute Gasteiger partial charge is 0.490 e. The van der Waals surface area contributed by atoms with Crippen LogP contribution in [0.3, 0.4) is 0 Å². The van der Waals surface area contributed by atoms with E-state index in [2.05, 4.69) is 41.2 Å². The van der Waals surface area contributed by atoms with E-state index in [0.29, 0.717) is 5.92 Å². The lowest BCUT2D eigenvalue weighted by atomic mass is 9.67. The maximum Gasteiger partial charge on any atom is 0.176 e. The Morgan fingerprint density at radius 3 is 2.39 bits per heavy atom. The molecule has 0 saturated heterocycles. The Bertz CT molecular complexity index is 330. The molecule has 2 heteroatoms. The molecular formula is C16H28O2. The molecule has 0 radical (unpaired) electrons. The Hall–Kier alpha value is -0.790. The van der Waals surface area contributed by atoms with Crippen LogP contribution >= 0.6 is 0 Å². The van der Waals surface area contributed by atoms with Gasteiger partial charge in [0.05, 0.1) is 5.76 Å². The highest BCUT2D eigenvalue weighted by Gasteiger charge is 2.50. The van der Waals surface area contributed by atoms with Crippen molar-refractivity contribution in [3.63, 3.8) is 0 Å². The molecule has 1 saturated carbocycles. The van der Waals surface area contributed by atoms with Gasteiger partial charge in [-0.05, 0) is 24.7 Å². The maximum atomic E-state index is 12.4. The Labute approximate surface area is 112 Å². The first-order chi connectivity index (χ1) is 8.24. The van der Waals surface area contributed by atoms with E-state index in [4.69, 9.17) is 4.74 Å². The summed E-state index contributed by atoms with van der Waals surface area (Å²) in [7, 11) is 0. The summed E-state index contributed by atoms with van der Waals surface area (Å²) in [6.07, 6.45) is 4.25. The number of carbonyl (C=O) groups is 1. The quantitative estimate of drug-likeness (QED) is 0.657. The summed E-state index contributed by atoms with van der Waals surface area (Å²) in [5.74, 6) is 1.29. The Morgan fingerprint density at radius 2 is 1.94 bits per heavy atom. The molecule has 0 aromatic carbocycles. The number of allylic oxidation sites excluding steroid dienone is 1. The van der Waals surface area contributed by atoms with Gasteiger partial charge in [-0.15, -0.1) is 0 Å². The smallest absolute Gasteiger partial charge is 0.176 e. The second-order valence-electron chi connectivity index (χ2n) is 6.56. The minimum Gasteiger partial charge on any atom is -0.490 e. The Morgan fingerprint density at radius 1 is 1.33 bits per heavy atom. The number of carbonyl (C=O) groups excluding carboxylic acids is 1. The van der Waals surface area contributed by atoms with Crippen LogP contribution in [0.2, 0.25) is 0 Å². The summed E-state index contributed by atoms with van der Waals surface area (Å²) in [6, 6.07) is 0. The number of ketones is 1. The summed E-state index contributed by atoms with van der Waals surface area (Å²) in [6.45, 7) is 14.8. The van der Waals surface area contributed by atoms with Crippen molar-refractivity contribution >= 4 is 5.78 Å². The lowest BCUT2D eigenvalue weighted by Crippen LogP contribution is -2.39. The average Bonchev–Trinajstić information content (AvgIpc) is 2.60. The third kappa shape index (κ3) is 2.78. The Balaban J connectivity index is 2.59. The molecule has 1 aliphatic rings. The van der Waals surface area contributed by atoms with Crippen LogP contribution in [-0.4, -0.2) is 12.4 Å². The fourth-order valence-electron chi connectivity index (χ4n) is 2.70. The van der Waals surface area contributed by atoms with Gasteiger partial charge in [-0.2, -0.15) is 0 Å². The van der Waals surface area contributed by atoms with Crippen molar-refractivity contribution in [1.82, 2.24) is 0 Å². The summed E-state index contributed by atoms with van der Waals surface area (Å²) in [4.78, 5) is 12.4.